The van der Waals surface area contributed by atoms with Crippen LogP contribution in [-0.2, 0) is 0 Å². The Kier molecular flexibility index (Phi) is 87.5. The number of carbonyl (C=O) groups excluding carboxylic acids is 1. The van der Waals surface area contributed by atoms with Crippen LogP contribution >= 0.6 is 0 Å². The molecule has 0 aromatic rings. The number of hydrogen-bond donors (Lipinski definition) is 3. The molecule has 4 heteroatoms. The van der Waals surface area contributed by atoms with Gasteiger partial charge in [0.25, 0.3) is 0 Å². The van der Waals surface area contributed by atoms with Crippen molar-refractivity contribution in [3.63, 3.8) is 0 Å². The number of nitrogens with one attached hydrogen (secondary N) is 2. The van der Waals surface area contributed by atoms with Crippen LogP contribution in [-0.4, -0.2) is 12.6 Å². The summed E-state index contributed by atoms with van der Waals surface area (Å²) >= 11 is 0. The van der Waals surface area contributed by atoms with Gasteiger partial charge in [0.1, 0.15) is 0 Å². The SMILES string of the molecule is CCCCCCCCCCCCCCCCCCCCCCCCCCCCCCCCCCCCCCCCCCCCCCCCCCCCCCCCCCCCCCCCCCCCCCCCCCCCCCCCCCCCCCCNNC(N)=O. The molecule has 0 radical (unpaired) electrons. The van der Waals surface area contributed by atoms with Gasteiger partial charge in [-0.15, -0.1) is 0 Å². The molecule has 0 bridgehead atoms. The smallest absolute Gasteiger partial charge is 0.326 e. The van der Waals surface area contributed by atoms with E-state index in [1.807, 2.05) is 0 Å². The fourth-order valence-corrected chi connectivity index (χ4v) is 15.1. The molecule has 4 nitrogen and oxygen atoms in total. The van der Waals surface area contributed by atoms with E-state index in [-0.39, 0.29) is 0 Å². The molecule has 2 amide bonds. The number of urea groups is 1. The number of unbranched alkanes of at least 4 members (excludes halogenated alkanes) is 84. The van der Waals surface area contributed by atoms with Crippen LogP contribution in [0, 0.1) is 0 Å². The second-order valence-electron chi connectivity index (χ2n) is 31.1. The van der Waals surface area contributed by atoms with Crippen molar-refractivity contribution >= 4 is 6.03 Å². The molecule has 0 spiro atoms. The van der Waals surface area contributed by atoms with Gasteiger partial charge in [-0.2, -0.15) is 0 Å². The molecule has 0 unspecified atom stereocenters. The largest absolute Gasteiger partial charge is 0.351 e. The summed E-state index contributed by atoms with van der Waals surface area (Å²) in [5, 5.41) is 0. The first-order chi connectivity index (χ1) is 45.8. The number of rotatable bonds is 87. The lowest BCUT2D eigenvalue weighted by atomic mass is 10.0. The highest BCUT2D eigenvalue weighted by atomic mass is 16.2. The topological polar surface area (TPSA) is 67.2 Å². The zero-order valence-corrected chi connectivity index (χ0v) is 64.3. The quantitative estimate of drug-likeness (QED) is 0.0420. The molecule has 0 atom stereocenters. The van der Waals surface area contributed by atoms with Crippen molar-refractivity contribution in [1.82, 2.24) is 10.9 Å². The first kappa shape index (κ1) is 91.2. The lowest BCUT2D eigenvalue weighted by molar-refractivity contribution is 0.244. The van der Waals surface area contributed by atoms with E-state index in [2.05, 4.69) is 17.8 Å². The summed E-state index contributed by atoms with van der Waals surface area (Å²) in [4.78, 5) is 10.6. The highest BCUT2D eigenvalue weighted by molar-refractivity contribution is 5.70. The van der Waals surface area contributed by atoms with Gasteiger partial charge < -0.3 is 5.73 Å². The molecule has 0 aliphatic carbocycles. The molecule has 0 fully saturated rings. The average molecular weight is 1300 g/mol. The molecule has 0 aliphatic heterocycles. The first-order valence-corrected chi connectivity index (χ1v) is 44.6. The maximum absolute atomic E-state index is 10.6. The standard InChI is InChI=1S/C88H179N3O/c1-2-3-4-5-6-7-8-9-10-11-12-13-14-15-16-17-18-19-20-21-22-23-24-25-26-27-28-29-30-31-32-33-34-35-36-37-38-39-40-41-42-43-44-45-46-47-48-49-50-51-52-53-54-55-56-57-58-59-60-61-62-63-64-65-66-67-68-69-70-71-72-73-74-75-76-77-78-79-80-81-82-83-84-85-86-87-90-91-88(89)92/h90H,2-87H2,1H3,(H3,89,91,92). The number of carbonyl (C=O) groups is 1. The molecule has 0 aliphatic rings. The average Bonchev–Trinajstić information content (AvgIpc) is 3.56. The fourth-order valence-electron chi connectivity index (χ4n) is 15.1. The number of primary amides is 1. The summed E-state index contributed by atoms with van der Waals surface area (Å²) in [5.74, 6) is 0. The first-order valence-electron chi connectivity index (χ1n) is 44.6. The molecule has 0 heterocycles. The predicted octanol–water partition coefficient (Wildman–Crippen LogP) is 32.3. The number of hydrazine groups is 1. The Morgan fingerprint density at radius 3 is 0.337 bits per heavy atom. The third kappa shape index (κ3) is 89.2. The summed E-state index contributed by atoms with van der Waals surface area (Å²) < 4.78 is 0. The highest BCUT2D eigenvalue weighted by Crippen LogP contribution is 2.22. The van der Waals surface area contributed by atoms with Crippen molar-refractivity contribution in [3.8, 4) is 0 Å². The minimum atomic E-state index is -0.506. The van der Waals surface area contributed by atoms with Crippen LogP contribution < -0.4 is 16.6 Å². The van der Waals surface area contributed by atoms with Crippen LogP contribution in [0.4, 0.5) is 4.79 Å². The summed E-state index contributed by atoms with van der Waals surface area (Å²) in [7, 11) is 0. The molecular weight excluding hydrogens is 1110 g/mol. The maximum Gasteiger partial charge on any atom is 0.326 e. The van der Waals surface area contributed by atoms with Gasteiger partial charge in [0.2, 0.25) is 0 Å². The predicted molar refractivity (Wildman–Crippen MR) is 419 cm³/mol. The molecule has 552 valence electrons. The molecule has 0 saturated heterocycles. The summed E-state index contributed by atoms with van der Waals surface area (Å²) in [6.45, 7) is 3.12. The van der Waals surface area contributed by atoms with Crippen molar-refractivity contribution in [2.45, 2.75) is 553 Å². The van der Waals surface area contributed by atoms with E-state index in [0.717, 1.165) is 13.0 Å². The van der Waals surface area contributed by atoms with Crippen LogP contribution in [0.5, 0.6) is 0 Å². The Balaban J connectivity index is 3.09. The summed E-state index contributed by atoms with van der Waals surface area (Å²) in [5.41, 5.74) is 10.3. The van der Waals surface area contributed by atoms with Gasteiger partial charge in [0.05, 0.1) is 0 Å². The van der Waals surface area contributed by atoms with Gasteiger partial charge >= 0.3 is 6.03 Å². The van der Waals surface area contributed by atoms with Crippen LogP contribution in [0.15, 0.2) is 0 Å². The third-order valence-electron chi connectivity index (χ3n) is 21.6. The Morgan fingerprint density at radius 1 is 0.163 bits per heavy atom. The maximum atomic E-state index is 10.6. The lowest BCUT2D eigenvalue weighted by Crippen LogP contribution is -2.41. The minimum Gasteiger partial charge on any atom is -0.351 e. The van der Waals surface area contributed by atoms with E-state index in [9.17, 15) is 4.79 Å². The second kappa shape index (κ2) is 88.2. The molecule has 0 aromatic heterocycles. The van der Waals surface area contributed by atoms with Crippen LogP contribution in [0.2, 0.25) is 0 Å². The van der Waals surface area contributed by atoms with Gasteiger partial charge in [-0.1, -0.05) is 546 Å². The number of hydrogen-bond acceptors (Lipinski definition) is 2. The molecule has 92 heavy (non-hydrogen) atoms. The number of amides is 2. The van der Waals surface area contributed by atoms with Gasteiger partial charge in [-0.25, -0.2) is 10.2 Å². The van der Waals surface area contributed by atoms with Crippen molar-refractivity contribution in [1.29, 1.82) is 0 Å². The minimum absolute atomic E-state index is 0.506. The normalized spacial score (nSPS) is 11.7. The molecule has 0 saturated carbocycles. The zero-order chi connectivity index (χ0) is 65.8. The summed E-state index contributed by atoms with van der Waals surface area (Å²) in [6, 6.07) is -0.506. The van der Waals surface area contributed by atoms with Crippen LogP contribution in [0.1, 0.15) is 553 Å². The third-order valence-corrected chi connectivity index (χ3v) is 21.6. The van der Waals surface area contributed by atoms with Gasteiger partial charge in [0.15, 0.2) is 0 Å². The van der Waals surface area contributed by atoms with E-state index in [1.54, 1.807) is 0 Å². The van der Waals surface area contributed by atoms with Crippen molar-refractivity contribution in [2.24, 2.45) is 5.73 Å². The van der Waals surface area contributed by atoms with E-state index < -0.39 is 6.03 Å². The van der Waals surface area contributed by atoms with Crippen molar-refractivity contribution in [3.05, 3.63) is 0 Å². The van der Waals surface area contributed by atoms with Crippen molar-refractivity contribution in [2.75, 3.05) is 6.54 Å². The molecule has 0 aromatic carbocycles. The van der Waals surface area contributed by atoms with E-state index >= 15 is 0 Å². The van der Waals surface area contributed by atoms with Gasteiger partial charge in [0, 0.05) is 6.54 Å². The Labute approximate surface area is 583 Å². The Hall–Kier alpha value is -0.770. The lowest BCUT2D eigenvalue weighted by Gasteiger charge is -2.05. The Bertz CT molecular complexity index is 1260. The highest BCUT2D eigenvalue weighted by Gasteiger charge is 2.03. The Morgan fingerprint density at radius 2 is 0.250 bits per heavy atom. The van der Waals surface area contributed by atoms with Gasteiger partial charge in [-0.05, 0) is 6.42 Å². The molecule has 4 N–H and O–H groups in total. The van der Waals surface area contributed by atoms with Crippen molar-refractivity contribution < 1.29 is 4.79 Å². The molecule has 0 rings (SSSR count). The summed E-state index contributed by atoms with van der Waals surface area (Å²) in [6.07, 6.45) is 125. The van der Waals surface area contributed by atoms with E-state index in [4.69, 9.17) is 5.73 Å². The van der Waals surface area contributed by atoms with Gasteiger partial charge in [-0.3, -0.25) is 5.43 Å². The van der Waals surface area contributed by atoms with E-state index in [1.165, 1.54) is 539 Å². The van der Waals surface area contributed by atoms with Crippen LogP contribution in [0.25, 0.3) is 0 Å². The molecular formula is C88H179N3O. The van der Waals surface area contributed by atoms with Crippen LogP contribution in [0.3, 0.4) is 0 Å². The fraction of sp³-hybridized carbons (Fsp3) is 0.989. The monoisotopic (exact) mass is 1290 g/mol. The van der Waals surface area contributed by atoms with E-state index in [0.29, 0.717) is 0 Å². The second-order valence-corrected chi connectivity index (χ2v) is 31.1. The zero-order valence-electron chi connectivity index (χ0n) is 64.3. The number of nitrogens with two attached hydrogens (primary N) is 1.